The van der Waals surface area contributed by atoms with E-state index in [-0.39, 0.29) is 5.56 Å². The first-order chi connectivity index (χ1) is 13.6. The fourth-order valence-electron chi connectivity index (χ4n) is 2.61. The Labute approximate surface area is 170 Å². The molecule has 0 fully saturated rings. The summed E-state index contributed by atoms with van der Waals surface area (Å²) in [4.78, 5) is 17.3. The molecular weight excluding hydrogens is 394 g/mol. The van der Waals surface area contributed by atoms with Gasteiger partial charge >= 0.3 is 5.97 Å². The van der Waals surface area contributed by atoms with Gasteiger partial charge in [0.05, 0.1) is 21.8 Å². The van der Waals surface area contributed by atoms with Gasteiger partial charge < -0.3 is 5.11 Å². The lowest BCUT2D eigenvalue weighted by Crippen LogP contribution is -1.98. The summed E-state index contributed by atoms with van der Waals surface area (Å²) in [5.74, 6) is -1.01. The number of nitrogens with zero attached hydrogens (tertiary/aromatic N) is 3. The number of aromatic carboxylic acids is 1. The van der Waals surface area contributed by atoms with Crippen molar-refractivity contribution in [1.82, 2.24) is 14.8 Å². The second-order valence-corrected chi connectivity index (χ2v) is 7.47. The van der Waals surface area contributed by atoms with Gasteiger partial charge in [-0.2, -0.15) is 5.10 Å². The molecular formula is C21H14ClN3O2S. The van der Waals surface area contributed by atoms with E-state index in [4.69, 9.17) is 21.8 Å². The van der Waals surface area contributed by atoms with Crippen LogP contribution in [0.1, 0.15) is 10.4 Å². The lowest BCUT2D eigenvalue weighted by atomic mass is 10.2. The summed E-state index contributed by atoms with van der Waals surface area (Å²) in [6.45, 7) is 0. The maximum absolute atomic E-state index is 11.1. The minimum absolute atomic E-state index is 0.137. The molecule has 2 aromatic heterocycles. The number of benzene rings is 2. The molecule has 5 nitrogen and oxygen atoms in total. The Kier molecular flexibility index (Phi) is 5.14. The number of hydrogen-bond acceptors (Lipinski definition) is 4. The van der Waals surface area contributed by atoms with Crippen LogP contribution in [0.5, 0.6) is 0 Å². The predicted molar refractivity (Wildman–Crippen MR) is 109 cm³/mol. The maximum atomic E-state index is 11.1. The largest absolute Gasteiger partial charge is 0.478 e. The lowest BCUT2D eigenvalue weighted by molar-refractivity contribution is 0.0696. The van der Waals surface area contributed by atoms with Crippen LogP contribution < -0.4 is 0 Å². The molecule has 28 heavy (non-hydrogen) atoms. The molecule has 2 heterocycles. The van der Waals surface area contributed by atoms with Crippen LogP contribution in [0.4, 0.5) is 0 Å². The van der Waals surface area contributed by atoms with E-state index in [1.54, 1.807) is 22.5 Å². The van der Waals surface area contributed by atoms with Gasteiger partial charge in [-0.1, -0.05) is 41.6 Å². The highest BCUT2D eigenvalue weighted by molar-refractivity contribution is 7.99. The minimum Gasteiger partial charge on any atom is -0.478 e. The van der Waals surface area contributed by atoms with Gasteiger partial charge in [0.1, 0.15) is 5.69 Å². The fraction of sp³-hybridized carbons (Fsp3) is 0. The Morgan fingerprint density at radius 2 is 1.75 bits per heavy atom. The third kappa shape index (κ3) is 3.93. The van der Waals surface area contributed by atoms with Crippen LogP contribution in [0.3, 0.4) is 0 Å². The van der Waals surface area contributed by atoms with E-state index in [0.29, 0.717) is 16.4 Å². The second-order valence-electron chi connectivity index (χ2n) is 5.92. The lowest BCUT2D eigenvalue weighted by Gasteiger charge is -2.03. The number of pyridine rings is 1. The molecule has 0 aliphatic rings. The van der Waals surface area contributed by atoms with E-state index >= 15 is 0 Å². The highest BCUT2D eigenvalue weighted by Crippen LogP contribution is 2.35. The first kappa shape index (κ1) is 18.3. The number of rotatable bonds is 5. The highest BCUT2D eigenvalue weighted by atomic mass is 35.5. The van der Waals surface area contributed by atoms with Crippen molar-refractivity contribution in [2.24, 2.45) is 0 Å². The number of carboxylic acids is 1. The van der Waals surface area contributed by atoms with Crippen molar-refractivity contribution in [1.29, 1.82) is 0 Å². The molecule has 138 valence electrons. The van der Waals surface area contributed by atoms with Gasteiger partial charge in [0, 0.05) is 22.3 Å². The Balaban J connectivity index is 1.77. The van der Waals surface area contributed by atoms with E-state index in [0.717, 1.165) is 15.5 Å². The summed E-state index contributed by atoms with van der Waals surface area (Å²) in [6, 6.07) is 20.5. The van der Waals surface area contributed by atoms with Crippen molar-refractivity contribution in [2.75, 3.05) is 0 Å². The van der Waals surface area contributed by atoms with Crippen molar-refractivity contribution in [3.8, 4) is 17.1 Å². The summed E-state index contributed by atoms with van der Waals surface area (Å²) in [5, 5.41) is 14.5. The molecule has 0 atom stereocenters. The molecule has 0 amide bonds. The van der Waals surface area contributed by atoms with Crippen LogP contribution in [0.2, 0.25) is 5.02 Å². The van der Waals surface area contributed by atoms with Gasteiger partial charge in [0.25, 0.3) is 0 Å². The van der Waals surface area contributed by atoms with Gasteiger partial charge in [-0.05, 0) is 48.5 Å². The maximum Gasteiger partial charge on any atom is 0.337 e. The van der Waals surface area contributed by atoms with E-state index < -0.39 is 5.97 Å². The zero-order valence-electron chi connectivity index (χ0n) is 14.5. The minimum atomic E-state index is -1.01. The number of carbonyl (C=O) groups is 1. The van der Waals surface area contributed by atoms with Gasteiger partial charge in [-0.15, -0.1) is 0 Å². The number of hydrogen-bond donors (Lipinski definition) is 1. The Morgan fingerprint density at radius 3 is 2.39 bits per heavy atom. The highest BCUT2D eigenvalue weighted by Gasteiger charge is 2.15. The van der Waals surface area contributed by atoms with Crippen molar-refractivity contribution in [3.05, 3.63) is 89.7 Å². The molecule has 0 bridgehead atoms. The van der Waals surface area contributed by atoms with Crippen LogP contribution in [-0.4, -0.2) is 25.8 Å². The number of para-hydroxylation sites is 1. The molecule has 0 aliphatic heterocycles. The molecule has 0 saturated heterocycles. The number of halogens is 1. The van der Waals surface area contributed by atoms with E-state index in [1.165, 1.54) is 12.3 Å². The fourth-order valence-corrected chi connectivity index (χ4v) is 3.66. The topological polar surface area (TPSA) is 68.0 Å². The average molecular weight is 408 g/mol. The Bertz CT molecular complexity index is 1110. The van der Waals surface area contributed by atoms with E-state index in [9.17, 15) is 4.79 Å². The third-order valence-electron chi connectivity index (χ3n) is 4.00. The van der Waals surface area contributed by atoms with Crippen LogP contribution in [0.25, 0.3) is 17.1 Å². The molecule has 7 heteroatoms. The molecule has 1 N–H and O–H groups in total. The van der Waals surface area contributed by atoms with Gasteiger partial charge in [-0.3, -0.25) is 4.98 Å². The predicted octanol–water partition coefficient (Wildman–Crippen LogP) is 5.44. The zero-order chi connectivity index (χ0) is 19.5. The van der Waals surface area contributed by atoms with E-state index in [2.05, 4.69) is 4.98 Å². The quantitative estimate of drug-likeness (QED) is 0.477. The Morgan fingerprint density at radius 1 is 1.00 bits per heavy atom. The standard InChI is InChI=1S/C21H14ClN3O2S/c22-15-7-9-17(10-8-15)28-19-13-25(16-4-2-1-3-5-16)24-20(19)18-11-6-14(12-23-18)21(26)27/h1-13H,(H,26,27). The third-order valence-corrected chi connectivity index (χ3v) is 5.27. The van der Waals surface area contributed by atoms with Crippen molar-refractivity contribution in [2.45, 2.75) is 9.79 Å². The summed E-state index contributed by atoms with van der Waals surface area (Å²) >= 11 is 7.53. The smallest absolute Gasteiger partial charge is 0.337 e. The summed E-state index contributed by atoms with van der Waals surface area (Å²) in [5.41, 5.74) is 2.35. The molecule has 4 rings (SSSR count). The number of carboxylic acid groups (broad SMARTS) is 1. The van der Waals surface area contributed by atoms with Crippen LogP contribution >= 0.6 is 23.4 Å². The van der Waals surface area contributed by atoms with Crippen molar-refractivity contribution in [3.63, 3.8) is 0 Å². The van der Waals surface area contributed by atoms with Crippen LogP contribution in [0, 0.1) is 0 Å². The Hall–Kier alpha value is -3.09. The van der Waals surface area contributed by atoms with E-state index in [1.807, 2.05) is 60.8 Å². The molecule has 0 unspecified atom stereocenters. The van der Waals surface area contributed by atoms with Gasteiger partial charge in [0.2, 0.25) is 0 Å². The first-order valence-corrected chi connectivity index (χ1v) is 9.58. The molecule has 2 aromatic carbocycles. The van der Waals surface area contributed by atoms with Crippen molar-refractivity contribution >= 4 is 29.3 Å². The van der Waals surface area contributed by atoms with Gasteiger partial charge in [0.15, 0.2) is 0 Å². The van der Waals surface area contributed by atoms with Crippen LogP contribution in [-0.2, 0) is 0 Å². The van der Waals surface area contributed by atoms with Crippen molar-refractivity contribution < 1.29 is 9.90 Å². The van der Waals surface area contributed by atoms with Crippen LogP contribution in [0.15, 0.2) is 88.9 Å². The molecule has 0 spiro atoms. The molecule has 0 radical (unpaired) electrons. The molecule has 0 saturated carbocycles. The summed E-state index contributed by atoms with van der Waals surface area (Å²) in [6.07, 6.45) is 3.28. The SMILES string of the molecule is O=C(O)c1ccc(-c2nn(-c3ccccc3)cc2Sc2ccc(Cl)cc2)nc1. The molecule has 4 aromatic rings. The summed E-state index contributed by atoms with van der Waals surface area (Å²) in [7, 11) is 0. The zero-order valence-corrected chi connectivity index (χ0v) is 16.1. The summed E-state index contributed by atoms with van der Waals surface area (Å²) < 4.78 is 1.79. The second kappa shape index (κ2) is 7.88. The first-order valence-electron chi connectivity index (χ1n) is 8.38. The normalized spacial score (nSPS) is 10.8. The number of aromatic nitrogens is 3. The monoisotopic (exact) mass is 407 g/mol. The average Bonchev–Trinajstić information content (AvgIpc) is 3.14. The van der Waals surface area contributed by atoms with Gasteiger partial charge in [-0.25, -0.2) is 9.48 Å². The molecule has 0 aliphatic carbocycles.